The van der Waals surface area contributed by atoms with E-state index in [1.54, 1.807) is 11.7 Å². The van der Waals surface area contributed by atoms with Gasteiger partial charge in [0.1, 0.15) is 0 Å². The van der Waals surface area contributed by atoms with Crippen LogP contribution in [0.1, 0.15) is 5.69 Å². The van der Waals surface area contributed by atoms with Gasteiger partial charge in [-0.05, 0) is 12.2 Å². The summed E-state index contributed by atoms with van der Waals surface area (Å²) in [6, 6.07) is 0. The van der Waals surface area contributed by atoms with Gasteiger partial charge in [0.25, 0.3) is 0 Å². The van der Waals surface area contributed by atoms with Gasteiger partial charge in [-0.2, -0.15) is 5.10 Å². The van der Waals surface area contributed by atoms with Crippen LogP contribution in [-0.2, 0) is 0 Å². The Labute approximate surface area is 73.1 Å². The predicted octanol–water partition coefficient (Wildman–Crippen LogP) is 0.310. The molecule has 3 N–H and O–H groups in total. The molecule has 11 heavy (non-hydrogen) atoms. The molecule has 0 aliphatic heterocycles. The second-order valence-electron chi connectivity index (χ2n) is 1.65. The molecule has 0 aromatic carbocycles. The van der Waals surface area contributed by atoms with E-state index in [1.807, 2.05) is 5.38 Å². The van der Waals surface area contributed by atoms with E-state index >= 15 is 0 Å². The quantitative estimate of drug-likeness (QED) is 0.396. The normalized spacial score (nSPS) is 10.2. The summed E-state index contributed by atoms with van der Waals surface area (Å²) in [5.74, 6) is 0. The van der Waals surface area contributed by atoms with Gasteiger partial charge in [-0.25, -0.2) is 4.98 Å². The number of hydrogen-bond donors (Lipinski definition) is 2. The summed E-state index contributed by atoms with van der Waals surface area (Å²) in [7, 11) is 0. The molecule has 6 heteroatoms. The number of hydrazone groups is 1. The molecule has 0 saturated carbocycles. The standard InChI is InChI=1S/C5H6N4S2/c6-5(10)9-8-1-4-2-11-3-7-4/h1-3H,(H3,6,9,10). The zero-order chi connectivity index (χ0) is 8.10. The van der Waals surface area contributed by atoms with Crippen LogP contribution in [0.15, 0.2) is 16.0 Å². The third kappa shape index (κ3) is 3.06. The Balaban J connectivity index is 2.43. The fourth-order valence-electron chi connectivity index (χ4n) is 0.448. The van der Waals surface area contributed by atoms with E-state index in [4.69, 9.17) is 5.73 Å². The number of nitrogens with two attached hydrogens (primary N) is 1. The summed E-state index contributed by atoms with van der Waals surface area (Å²) in [6.45, 7) is 0. The lowest BCUT2D eigenvalue weighted by Gasteiger charge is -1.90. The third-order valence-corrected chi connectivity index (χ3v) is 1.52. The Morgan fingerprint density at radius 1 is 1.91 bits per heavy atom. The minimum atomic E-state index is 0.150. The van der Waals surface area contributed by atoms with Gasteiger partial charge < -0.3 is 5.73 Å². The van der Waals surface area contributed by atoms with Crippen LogP contribution in [-0.4, -0.2) is 16.3 Å². The molecule has 58 valence electrons. The molecule has 4 nitrogen and oxygen atoms in total. The predicted molar refractivity (Wildman–Crippen MR) is 49.6 cm³/mol. The van der Waals surface area contributed by atoms with Crippen molar-refractivity contribution in [2.45, 2.75) is 0 Å². The van der Waals surface area contributed by atoms with Crippen LogP contribution in [0.25, 0.3) is 0 Å². The SMILES string of the molecule is NC(=S)NN=Cc1cscn1. The van der Waals surface area contributed by atoms with Crippen molar-refractivity contribution in [3.63, 3.8) is 0 Å². The van der Waals surface area contributed by atoms with E-state index in [1.165, 1.54) is 11.3 Å². The molecule has 0 radical (unpaired) electrons. The van der Waals surface area contributed by atoms with Crippen LogP contribution >= 0.6 is 23.6 Å². The average molecular weight is 186 g/mol. The first-order valence-corrected chi connectivity index (χ1v) is 4.11. The minimum absolute atomic E-state index is 0.150. The number of hydrogen-bond acceptors (Lipinski definition) is 4. The van der Waals surface area contributed by atoms with Crippen molar-refractivity contribution >= 4 is 34.9 Å². The van der Waals surface area contributed by atoms with Gasteiger partial charge in [0.15, 0.2) is 5.11 Å². The summed E-state index contributed by atoms with van der Waals surface area (Å²) in [5, 5.41) is 5.73. The largest absolute Gasteiger partial charge is 0.375 e. The molecule has 1 rings (SSSR count). The van der Waals surface area contributed by atoms with Crippen LogP contribution in [0.2, 0.25) is 0 Å². The van der Waals surface area contributed by atoms with Crippen molar-refractivity contribution in [2.24, 2.45) is 10.8 Å². The van der Waals surface area contributed by atoms with E-state index in [0.29, 0.717) is 0 Å². The summed E-state index contributed by atoms with van der Waals surface area (Å²) in [4.78, 5) is 3.96. The van der Waals surface area contributed by atoms with Gasteiger partial charge in [0, 0.05) is 5.38 Å². The van der Waals surface area contributed by atoms with Crippen molar-refractivity contribution in [1.82, 2.24) is 10.4 Å². The third-order valence-electron chi connectivity index (χ3n) is 0.823. The Morgan fingerprint density at radius 2 is 2.73 bits per heavy atom. The molecule has 1 aromatic rings. The van der Waals surface area contributed by atoms with E-state index in [0.717, 1.165) is 5.69 Å². The molecular formula is C5H6N4S2. The number of nitrogens with zero attached hydrogens (tertiary/aromatic N) is 2. The molecule has 0 aliphatic carbocycles. The topological polar surface area (TPSA) is 63.3 Å². The maximum Gasteiger partial charge on any atom is 0.184 e. The zero-order valence-corrected chi connectivity index (χ0v) is 7.15. The summed E-state index contributed by atoms with van der Waals surface area (Å²) in [5.41, 5.74) is 10.1. The molecule has 0 aliphatic rings. The van der Waals surface area contributed by atoms with E-state index < -0.39 is 0 Å². The highest BCUT2D eigenvalue weighted by molar-refractivity contribution is 7.80. The Kier molecular flexibility index (Phi) is 2.94. The Hall–Kier alpha value is -1.01. The highest BCUT2D eigenvalue weighted by atomic mass is 32.1. The first-order valence-electron chi connectivity index (χ1n) is 2.76. The smallest absolute Gasteiger partial charge is 0.184 e. The van der Waals surface area contributed by atoms with Gasteiger partial charge in [-0.1, -0.05) is 0 Å². The molecule has 0 bridgehead atoms. The lowest BCUT2D eigenvalue weighted by molar-refractivity contribution is 1.04. The minimum Gasteiger partial charge on any atom is -0.375 e. The second kappa shape index (κ2) is 3.99. The van der Waals surface area contributed by atoms with Crippen LogP contribution in [0.4, 0.5) is 0 Å². The van der Waals surface area contributed by atoms with Crippen LogP contribution in [0, 0.1) is 0 Å². The highest BCUT2D eigenvalue weighted by Gasteiger charge is 1.86. The highest BCUT2D eigenvalue weighted by Crippen LogP contribution is 1.96. The van der Waals surface area contributed by atoms with Crippen molar-refractivity contribution in [3.05, 3.63) is 16.6 Å². The molecule has 0 unspecified atom stereocenters. The second-order valence-corrected chi connectivity index (χ2v) is 2.81. The molecular weight excluding hydrogens is 180 g/mol. The fraction of sp³-hybridized carbons (Fsp3) is 0. The van der Waals surface area contributed by atoms with Gasteiger partial charge in [-0.3, -0.25) is 5.43 Å². The van der Waals surface area contributed by atoms with Crippen LogP contribution in [0.5, 0.6) is 0 Å². The van der Waals surface area contributed by atoms with E-state index in [-0.39, 0.29) is 5.11 Å². The van der Waals surface area contributed by atoms with Gasteiger partial charge in [0.05, 0.1) is 17.4 Å². The maximum atomic E-state index is 5.12. The van der Waals surface area contributed by atoms with E-state index in [9.17, 15) is 0 Å². The van der Waals surface area contributed by atoms with Gasteiger partial charge in [0.2, 0.25) is 0 Å². The molecule has 1 aromatic heterocycles. The van der Waals surface area contributed by atoms with Crippen molar-refractivity contribution in [3.8, 4) is 0 Å². The molecule has 0 saturated heterocycles. The number of aromatic nitrogens is 1. The van der Waals surface area contributed by atoms with Gasteiger partial charge in [-0.15, -0.1) is 11.3 Å². The van der Waals surface area contributed by atoms with Crippen LogP contribution in [0.3, 0.4) is 0 Å². The summed E-state index contributed by atoms with van der Waals surface area (Å²) in [6.07, 6.45) is 1.55. The van der Waals surface area contributed by atoms with Crippen molar-refractivity contribution in [1.29, 1.82) is 0 Å². The number of nitrogens with one attached hydrogen (secondary N) is 1. The molecule has 1 heterocycles. The number of thiocarbonyl (C=S) groups is 1. The van der Waals surface area contributed by atoms with E-state index in [2.05, 4.69) is 27.7 Å². The Bertz CT molecular complexity index is 253. The maximum absolute atomic E-state index is 5.12. The van der Waals surface area contributed by atoms with Gasteiger partial charge >= 0.3 is 0 Å². The summed E-state index contributed by atoms with van der Waals surface area (Å²) < 4.78 is 0. The number of thiazole rings is 1. The summed E-state index contributed by atoms with van der Waals surface area (Å²) >= 11 is 6.03. The first-order chi connectivity index (χ1) is 5.29. The number of rotatable bonds is 2. The lowest BCUT2D eigenvalue weighted by Crippen LogP contribution is -2.23. The zero-order valence-electron chi connectivity index (χ0n) is 5.52. The lowest BCUT2D eigenvalue weighted by atomic mass is 10.6. The Morgan fingerprint density at radius 3 is 3.27 bits per heavy atom. The molecule has 0 atom stereocenters. The first kappa shape index (κ1) is 8.09. The molecule has 0 fully saturated rings. The van der Waals surface area contributed by atoms with Crippen molar-refractivity contribution < 1.29 is 0 Å². The van der Waals surface area contributed by atoms with Crippen LogP contribution < -0.4 is 11.2 Å². The van der Waals surface area contributed by atoms with Crippen molar-refractivity contribution in [2.75, 3.05) is 0 Å². The fourth-order valence-corrected chi connectivity index (χ4v) is 1.00. The average Bonchev–Trinajstić information content (AvgIpc) is 2.39. The molecule has 0 amide bonds. The molecule has 0 spiro atoms. The monoisotopic (exact) mass is 186 g/mol.